The lowest BCUT2D eigenvalue weighted by Gasteiger charge is -2.11. The Morgan fingerprint density at radius 1 is 0.880 bits per heavy atom. The predicted molar refractivity (Wildman–Crippen MR) is 95.4 cm³/mol. The Balaban J connectivity index is 1.89. The number of hydrogen-bond donors (Lipinski definition) is 1. The molecule has 0 amide bonds. The number of aryl methyl sites for hydroxylation is 2. The summed E-state index contributed by atoms with van der Waals surface area (Å²) in [7, 11) is 0. The fraction of sp³-hybridized carbons (Fsp3) is 0.111. The van der Waals surface area contributed by atoms with Crippen molar-refractivity contribution in [2.45, 2.75) is 13.8 Å². The van der Waals surface area contributed by atoms with Crippen molar-refractivity contribution >= 4 is 22.7 Å². The summed E-state index contributed by atoms with van der Waals surface area (Å²) >= 11 is 0. The Labute approximate surface area is 144 Å². The predicted octanol–water partition coefficient (Wildman–Crippen LogP) is 3.24. The molecule has 0 aliphatic heterocycles. The summed E-state index contributed by atoms with van der Waals surface area (Å²) in [5.74, 6) is 1.09. The van der Waals surface area contributed by atoms with E-state index in [1.54, 1.807) is 24.8 Å². The van der Waals surface area contributed by atoms with Gasteiger partial charge < -0.3 is 5.32 Å². The van der Waals surface area contributed by atoms with Crippen LogP contribution >= 0.6 is 0 Å². The van der Waals surface area contributed by atoms with Crippen LogP contribution in [0.2, 0.25) is 0 Å². The van der Waals surface area contributed by atoms with Crippen LogP contribution in [0.25, 0.3) is 22.7 Å². The molecule has 4 aromatic rings. The molecule has 7 heteroatoms. The molecule has 4 heterocycles. The highest BCUT2D eigenvalue weighted by atomic mass is 15.1. The first kappa shape index (κ1) is 15.1. The van der Waals surface area contributed by atoms with Crippen LogP contribution in [0.1, 0.15) is 11.3 Å². The number of hydrogen-bond acceptors (Lipinski definition) is 7. The van der Waals surface area contributed by atoms with Crippen molar-refractivity contribution in [2.24, 2.45) is 0 Å². The van der Waals surface area contributed by atoms with Gasteiger partial charge in [0.15, 0.2) is 22.8 Å². The second-order valence-electron chi connectivity index (χ2n) is 5.60. The lowest BCUT2D eigenvalue weighted by Crippen LogP contribution is -2.03. The van der Waals surface area contributed by atoms with Crippen molar-refractivity contribution in [3.8, 4) is 11.5 Å². The lowest BCUT2D eigenvalue weighted by molar-refractivity contribution is 1.11. The zero-order valence-electron chi connectivity index (χ0n) is 13.8. The number of pyridine rings is 2. The van der Waals surface area contributed by atoms with Crippen molar-refractivity contribution in [2.75, 3.05) is 5.32 Å². The Hall–Kier alpha value is -3.48. The maximum Gasteiger partial charge on any atom is 0.184 e. The summed E-state index contributed by atoms with van der Waals surface area (Å²) in [5.41, 5.74) is 4.64. The van der Waals surface area contributed by atoms with Crippen LogP contribution in [0, 0.1) is 13.8 Å². The fourth-order valence-electron chi connectivity index (χ4n) is 2.47. The summed E-state index contributed by atoms with van der Waals surface area (Å²) < 4.78 is 0. The molecule has 7 nitrogen and oxygen atoms in total. The van der Waals surface area contributed by atoms with Crippen molar-refractivity contribution in [3.05, 3.63) is 60.3 Å². The van der Waals surface area contributed by atoms with Gasteiger partial charge in [-0.2, -0.15) is 0 Å². The minimum atomic E-state index is 0.505. The van der Waals surface area contributed by atoms with E-state index in [1.165, 1.54) is 0 Å². The molecule has 0 radical (unpaired) electrons. The van der Waals surface area contributed by atoms with Crippen LogP contribution in [0.15, 0.2) is 49.1 Å². The average molecular weight is 329 g/mol. The van der Waals surface area contributed by atoms with Crippen LogP contribution in [0.5, 0.6) is 0 Å². The van der Waals surface area contributed by atoms with Crippen LogP contribution in [0.3, 0.4) is 0 Å². The van der Waals surface area contributed by atoms with Crippen molar-refractivity contribution in [1.82, 2.24) is 29.9 Å². The molecule has 0 unspecified atom stereocenters. The third-order valence-corrected chi connectivity index (χ3v) is 3.72. The van der Waals surface area contributed by atoms with Crippen LogP contribution in [0.4, 0.5) is 11.5 Å². The van der Waals surface area contributed by atoms with Gasteiger partial charge in [0.25, 0.3) is 0 Å². The quantitative estimate of drug-likeness (QED) is 0.617. The Morgan fingerprint density at radius 3 is 2.60 bits per heavy atom. The first-order valence-electron chi connectivity index (χ1n) is 7.81. The maximum absolute atomic E-state index is 4.64. The van der Waals surface area contributed by atoms with E-state index in [0.29, 0.717) is 28.5 Å². The molecule has 0 saturated heterocycles. The molecule has 1 N–H and O–H groups in total. The second kappa shape index (κ2) is 6.20. The molecule has 25 heavy (non-hydrogen) atoms. The Kier molecular flexibility index (Phi) is 3.74. The number of nitrogens with zero attached hydrogens (tertiary/aromatic N) is 6. The largest absolute Gasteiger partial charge is 0.338 e. The first-order valence-corrected chi connectivity index (χ1v) is 7.81. The van der Waals surface area contributed by atoms with Gasteiger partial charge in [-0.25, -0.2) is 24.9 Å². The first-order chi connectivity index (χ1) is 12.2. The standard InChI is InChI=1S/C18H15N7/c1-11-10-19-7-6-13(11)23-18-15-17(21-9-8-20-15)24-16(25-18)14-5-3-4-12(2)22-14/h3-10H,1-2H3,(H,19,21,23,24,25). The number of aromatic nitrogens is 6. The zero-order chi connectivity index (χ0) is 17.2. The van der Waals surface area contributed by atoms with E-state index < -0.39 is 0 Å². The molecule has 0 fully saturated rings. The number of rotatable bonds is 3. The van der Waals surface area contributed by atoms with Gasteiger partial charge in [-0.3, -0.25) is 4.98 Å². The summed E-state index contributed by atoms with van der Waals surface area (Å²) in [6, 6.07) is 7.64. The summed E-state index contributed by atoms with van der Waals surface area (Å²) in [4.78, 5) is 26.5. The van der Waals surface area contributed by atoms with E-state index in [4.69, 9.17) is 0 Å². The number of anilines is 2. The molecule has 0 spiro atoms. The Morgan fingerprint density at radius 2 is 1.76 bits per heavy atom. The zero-order valence-corrected chi connectivity index (χ0v) is 13.8. The molecule has 122 valence electrons. The van der Waals surface area contributed by atoms with Gasteiger partial charge in [0.05, 0.1) is 0 Å². The van der Waals surface area contributed by atoms with Gasteiger partial charge in [0.1, 0.15) is 5.69 Å². The van der Waals surface area contributed by atoms with Crippen LogP contribution < -0.4 is 5.32 Å². The van der Waals surface area contributed by atoms with E-state index in [1.807, 2.05) is 38.1 Å². The SMILES string of the molecule is Cc1cccc(-c2nc(Nc3ccncc3C)c3nccnc3n2)n1. The molecule has 0 saturated carbocycles. The van der Waals surface area contributed by atoms with Gasteiger partial charge in [-0.05, 0) is 37.6 Å². The third kappa shape index (κ3) is 2.99. The van der Waals surface area contributed by atoms with Gasteiger partial charge in [0.2, 0.25) is 0 Å². The van der Waals surface area contributed by atoms with E-state index in [9.17, 15) is 0 Å². The molecule has 0 aromatic carbocycles. The second-order valence-corrected chi connectivity index (χ2v) is 5.60. The number of fused-ring (bicyclic) bond motifs is 1. The minimum Gasteiger partial charge on any atom is -0.338 e. The molecular weight excluding hydrogens is 314 g/mol. The van der Waals surface area contributed by atoms with E-state index >= 15 is 0 Å². The van der Waals surface area contributed by atoms with Crippen molar-refractivity contribution in [1.29, 1.82) is 0 Å². The van der Waals surface area contributed by atoms with Crippen molar-refractivity contribution in [3.63, 3.8) is 0 Å². The molecular formula is C18H15N7. The smallest absolute Gasteiger partial charge is 0.184 e. The minimum absolute atomic E-state index is 0.505. The highest BCUT2D eigenvalue weighted by Crippen LogP contribution is 2.25. The Bertz CT molecular complexity index is 1060. The fourth-order valence-corrected chi connectivity index (χ4v) is 2.47. The summed E-state index contributed by atoms with van der Waals surface area (Å²) in [6.07, 6.45) is 6.76. The topological polar surface area (TPSA) is 89.4 Å². The molecule has 4 aromatic heterocycles. The molecule has 0 atom stereocenters. The number of nitrogens with one attached hydrogen (secondary N) is 1. The third-order valence-electron chi connectivity index (χ3n) is 3.72. The maximum atomic E-state index is 4.64. The van der Waals surface area contributed by atoms with Crippen LogP contribution in [-0.2, 0) is 0 Å². The summed E-state index contributed by atoms with van der Waals surface area (Å²) in [5, 5.41) is 3.32. The van der Waals surface area contributed by atoms with Gasteiger partial charge in [0, 0.05) is 36.2 Å². The van der Waals surface area contributed by atoms with E-state index in [0.717, 1.165) is 16.9 Å². The summed E-state index contributed by atoms with van der Waals surface area (Å²) in [6.45, 7) is 3.91. The van der Waals surface area contributed by atoms with Gasteiger partial charge in [-0.1, -0.05) is 6.07 Å². The van der Waals surface area contributed by atoms with Crippen molar-refractivity contribution < 1.29 is 0 Å². The highest BCUT2D eigenvalue weighted by Gasteiger charge is 2.13. The monoisotopic (exact) mass is 329 g/mol. The molecule has 0 aliphatic rings. The van der Waals surface area contributed by atoms with Gasteiger partial charge >= 0.3 is 0 Å². The lowest BCUT2D eigenvalue weighted by atomic mass is 10.2. The van der Waals surface area contributed by atoms with Crippen LogP contribution in [-0.4, -0.2) is 29.9 Å². The molecule has 4 rings (SSSR count). The van der Waals surface area contributed by atoms with Gasteiger partial charge in [-0.15, -0.1) is 0 Å². The highest BCUT2D eigenvalue weighted by molar-refractivity contribution is 5.86. The van der Waals surface area contributed by atoms with E-state index in [-0.39, 0.29) is 0 Å². The average Bonchev–Trinajstić information content (AvgIpc) is 2.63. The molecule has 0 aliphatic carbocycles. The normalized spacial score (nSPS) is 10.8. The van der Waals surface area contributed by atoms with E-state index in [2.05, 4.69) is 35.2 Å². The molecule has 0 bridgehead atoms.